The van der Waals surface area contributed by atoms with Crippen LogP contribution in [0.1, 0.15) is 0 Å². The second-order valence-corrected chi connectivity index (χ2v) is 2.11. The zero-order chi connectivity index (χ0) is 13.0. The predicted octanol–water partition coefficient (Wildman–Crippen LogP) is 0.234. The molecule has 0 amide bonds. The Morgan fingerprint density at radius 2 is 1.12 bits per heavy atom. The lowest BCUT2D eigenvalue weighted by molar-refractivity contribution is -0.137. The summed E-state index contributed by atoms with van der Waals surface area (Å²) in [5.41, 5.74) is 0. The summed E-state index contributed by atoms with van der Waals surface area (Å²) in [6, 6.07) is 0. The van der Waals surface area contributed by atoms with E-state index in [4.69, 9.17) is 0 Å². The molecule has 16 heavy (non-hydrogen) atoms. The summed E-state index contributed by atoms with van der Waals surface area (Å²) in [5.74, 6) is -1.55. The van der Waals surface area contributed by atoms with Gasteiger partial charge in [0.15, 0.2) is 0 Å². The van der Waals surface area contributed by atoms with Gasteiger partial charge in [0.1, 0.15) is 0 Å². The molecule has 0 saturated heterocycles. The van der Waals surface area contributed by atoms with Crippen LogP contribution in [-0.4, -0.2) is 39.2 Å². The molecule has 0 aliphatic heterocycles. The van der Waals surface area contributed by atoms with Crippen molar-refractivity contribution in [3.63, 3.8) is 0 Å². The van der Waals surface area contributed by atoms with Crippen LogP contribution >= 0.6 is 0 Å². The van der Waals surface area contributed by atoms with E-state index in [9.17, 15) is 14.4 Å². The number of carbonyl (C=O) groups excluding carboxylic acids is 3. The molecule has 6 heteroatoms. The molecule has 0 rings (SSSR count). The molecule has 0 aliphatic carbocycles. The van der Waals surface area contributed by atoms with Crippen LogP contribution in [0.15, 0.2) is 24.8 Å². The molecule has 0 unspecified atom stereocenters. The Labute approximate surface area is 93.5 Å². The van der Waals surface area contributed by atoms with Gasteiger partial charge in [0.05, 0.1) is 21.3 Å². The number of esters is 3. The van der Waals surface area contributed by atoms with E-state index < -0.39 is 17.9 Å². The predicted molar refractivity (Wildman–Crippen MR) is 55.4 cm³/mol. The van der Waals surface area contributed by atoms with E-state index in [2.05, 4.69) is 20.8 Å². The topological polar surface area (TPSA) is 78.9 Å². The quantitative estimate of drug-likeness (QED) is 0.392. The van der Waals surface area contributed by atoms with E-state index in [1.165, 1.54) is 21.3 Å². The molecule has 0 radical (unpaired) electrons. The molecular weight excluding hydrogens is 216 g/mol. The molecule has 0 spiro atoms. The van der Waals surface area contributed by atoms with E-state index in [-0.39, 0.29) is 0 Å². The summed E-state index contributed by atoms with van der Waals surface area (Å²) in [6.07, 6.45) is 3.09. The number of methoxy groups -OCH3 is 3. The monoisotopic (exact) mass is 230 g/mol. The lowest BCUT2D eigenvalue weighted by atomic mass is 10.5. The van der Waals surface area contributed by atoms with Crippen LogP contribution in [0.2, 0.25) is 0 Å². The molecule has 0 aromatic carbocycles. The summed E-state index contributed by atoms with van der Waals surface area (Å²) >= 11 is 0. The van der Waals surface area contributed by atoms with Crippen molar-refractivity contribution in [2.45, 2.75) is 0 Å². The summed E-state index contributed by atoms with van der Waals surface area (Å²) in [6.45, 7) is 3.16. The maximum Gasteiger partial charge on any atom is 0.330 e. The Morgan fingerprint density at radius 3 is 1.25 bits per heavy atom. The van der Waals surface area contributed by atoms with Gasteiger partial charge in [0, 0.05) is 18.2 Å². The van der Waals surface area contributed by atoms with Gasteiger partial charge in [0.25, 0.3) is 0 Å². The van der Waals surface area contributed by atoms with Gasteiger partial charge in [-0.2, -0.15) is 0 Å². The first-order valence-corrected chi connectivity index (χ1v) is 4.06. The maximum absolute atomic E-state index is 10.3. The number of carbonyl (C=O) groups is 3. The van der Waals surface area contributed by atoms with Gasteiger partial charge in [-0.25, -0.2) is 14.4 Å². The third-order valence-corrected chi connectivity index (χ3v) is 1.13. The van der Waals surface area contributed by atoms with Crippen LogP contribution in [0.4, 0.5) is 0 Å². The molecule has 0 fully saturated rings. The third kappa shape index (κ3) is 11.9. The SMILES string of the molecule is C=CC(=O)OC.COC(=O)/C=C/C(=O)OC. The van der Waals surface area contributed by atoms with Crippen molar-refractivity contribution in [3.8, 4) is 0 Å². The number of hydrogen-bond acceptors (Lipinski definition) is 6. The average Bonchev–Trinajstić information content (AvgIpc) is 2.34. The van der Waals surface area contributed by atoms with Crippen molar-refractivity contribution in [1.82, 2.24) is 0 Å². The Hall–Kier alpha value is -2.11. The van der Waals surface area contributed by atoms with Gasteiger partial charge < -0.3 is 14.2 Å². The molecule has 0 atom stereocenters. The smallest absolute Gasteiger partial charge is 0.330 e. The highest BCUT2D eigenvalue weighted by Crippen LogP contribution is 1.80. The van der Waals surface area contributed by atoms with Gasteiger partial charge in [-0.15, -0.1) is 0 Å². The first-order chi connectivity index (χ1) is 7.51. The van der Waals surface area contributed by atoms with Gasteiger partial charge in [-0.3, -0.25) is 0 Å². The normalized spacial score (nSPS) is 8.44. The van der Waals surface area contributed by atoms with Gasteiger partial charge in [0.2, 0.25) is 0 Å². The van der Waals surface area contributed by atoms with Crippen molar-refractivity contribution in [3.05, 3.63) is 24.8 Å². The summed E-state index contributed by atoms with van der Waals surface area (Å²) in [7, 11) is 3.76. The first kappa shape index (κ1) is 16.3. The largest absolute Gasteiger partial charge is 0.466 e. The van der Waals surface area contributed by atoms with Gasteiger partial charge >= 0.3 is 17.9 Å². The van der Waals surface area contributed by atoms with Crippen LogP contribution in [0, 0.1) is 0 Å². The molecule has 0 aromatic heterocycles. The van der Waals surface area contributed by atoms with E-state index in [1.54, 1.807) is 0 Å². The minimum absolute atomic E-state index is 0.394. The van der Waals surface area contributed by atoms with Crippen LogP contribution < -0.4 is 0 Å². The zero-order valence-electron chi connectivity index (χ0n) is 9.39. The van der Waals surface area contributed by atoms with Crippen LogP contribution in [0.5, 0.6) is 0 Å². The third-order valence-electron chi connectivity index (χ3n) is 1.13. The fourth-order valence-electron chi connectivity index (χ4n) is 0.355. The van der Waals surface area contributed by atoms with Crippen LogP contribution in [0.3, 0.4) is 0 Å². The Morgan fingerprint density at radius 1 is 0.812 bits per heavy atom. The van der Waals surface area contributed by atoms with E-state index in [1.807, 2.05) is 0 Å². The van der Waals surface area contributed by atoms with Crippen molar-refractivity contribution in [2.24, 2.45) is 0 Å². The molecule has 0 aliphatic rings. The lowest BCUT2D eigenvalue weighted by Gasteiger charge is -1.89. The molecular formula is C10H14O6. The molecule has 0 bridgehead atoms. The van der Waals surface area contributed by atoms with Gasteiger partial charge in [-0.05, 0) is 0 Å². The van der Waals surface area contributed by atoms with Crippen molar-refractivity contribution >= 4 is 17.9 Å². The van der Waals surface area contributed by atoms with E-state index in [0.29, 0.717) is 0 Å². The van der Waals surface area contributed by atoms with Crippen molar-refractivity contribution in [1.29, 1.82) is 0 Å². The second-order valence-electron chi connectivity index (χ2n) is 2.11. The molecule has 90 valence electrons. The van der Waals surface area contributed by atoms with E-state index >= 15 is 0 Å². The minimum atomic E-state index is -0.578. The first-order valence-electron chi connectivity index (χ1n) is 4.06. The molecule has 0 heterocycles. The molecule has 6 nitrogen and oxygen atoms in total. The van der Waals surface area contributed by atoms with Crippen molar-refractivity contribution in [2.75, 3.05) is 21.3 Å². The maximum atomic E-state index is 10.3. The fourth-order valence-corrected chi connectivity index (χ4v) is 0.355. The van der Waals surface area contributed by atoms with Crippen molar-refractivity contribution < 1.29 is 28.6 Å². The number of rotatable bonds is 3. The standard InChI is InChI=1S/C6H8O4.C4H6O2/c1-9-5(7)3-4-6(8)10-2;1-3-4(5)6-2/h3-4H,1-2H3;3H,1H2,2H3/b4-3+;. The van der Waals surface area contributed by atoms with Crippen LogP contribution in [-0.2, 0) is 28.6 Å². The molecule has 0 N–H and O–H groups in total. The number of ether oxygens (including phenoxy) is 3. The molecule has 0 saturated carbocycles. The highest BCUT2D eigenvalue weighted by molar-refractivity contribution is 5.91. The number of hydrogen-bond donors (Lipinski definition) is 0. The highest BCUT2D eigenvalue weighted by Gasteiger charge is 1.94. The fraction of sp³-hybridized carbons (Fsp3) is 0.300. The molecule has 0 aromatic rings. The summed E-state index contributed by atoms with van der Waals surface area (Å²) in [5, 5.41) is 0. The Balaban J connectivity index is 0. The summed E-state index contributed by atoms with van der Waals surface area (Å²) < 4.78 is 12.6. The zero-order valence-corrected chi connectivity index (χ0v) is 9.39. The highest BCUT2D eigenvalue weighted by atomic mass is 16.5. The Kier molecular flexibility index (Phi) is 11.2. The lowest BCUT2D eigenvalue weighted by Crippen LogP contribution is -1.98. The van der Waals surface area contributed by atoms with E-state index in [0.717, 1.165) is 18.2 Å². The minimum Gasteiger partial charge on any atom is -0.466 e. The Bertz CT molecular complexity index is 261. The second kappa shape index (κ2) is 11.0. The summed E-state index contributed by atoms with van der Waals surface area (Å²) in [4.78, 5) is 30.5. The van der Waals surface area contributed by atoms with Gasteiger partial charge in [-0.1, -0.05) is 6.58 Å². The average molecular weight is 230 g/mol. The van der Waals surface area contributed by atoms with Crippen LogP contribution in [0.25, 0.3) is 0 Å².